The van der Waals surface area contributed by atoms with E-state index in [9.17, 15) is 31.1 Å². The van der Waals surface area contributed by atoms with Crippen molar-refractivity contribution in [1.29, 1.82) is 0 Å². The first-order chi connectivity index (χ1) is 13.1. The van der Waals surface area contributed by atoms with E-state index in [2.05, 4.69) is 14.7 Å². The fraction of sp³-hybridized carbons (Fsp3) is 0.235. The number of esters is 1. The molecular weight excluding hydrogens is 392 g/mol. The molecule has 0 spiro atoms. The van der Waals surface area contributed by atoms with Gasteiger partial charge >= 0.3 is 12.1 Å². The van der Waals surface area contributed by atoms with Gasteiger partial charge in [0.05, 0.1) is 30.4 Å². The number of hydrogen-bond donors (Lipinski definition) is 0. The summed E-state index contributed by atoms with van der Waals surface area (Å²) in [4.78, 5) is 18.8. The molecule has 0 saturated carbocycles. The number of alkyl halides is 5. The van der Waals surface area contributed by atoms with Gasteiger partial charge < -0.3 is 9.30 Å². The van der Waals surface area contributed by atoms with Crippen molar-refractivity contribution in [3.05, 3.63) is 47.7 Å². The maximum atomic E-state index is 14.2. The summed E-state index contributed by atoms with van der Waals surface area (Å²) in [6.07, 6.45) is -6.93. The van der Waals surface area contributed by atoms with Crippen molar-refractivity contribution in [1.82, 2.24) is 14.5 Å². The van der Waals surface area contributed by atoms with E-state index in [1.807, 2.05) is 0 Å². The van der Waals surface area contributed by atoms with E-state index < -0.39 is 36.8 Å². The molecule has 3 aromatic rings. The first kappa shape index (κ1) is 19.6. The Morgan fingerprint density at radius 2 is 1.96 bits per heavy atom. The van der Waals surface area contributed by atoms with E-state index in [-0.39, 0.29) is 27.9 Å². The lowest BCUT2D eigenvalue weighted by molar-refractivity contribution is -0.147. The highest BCUT2D eigenvalue weighted by Gasteiger charge is 2.38. The van der Waals surface area contributed by atoms with Gasteiger partial charge in [-0.2, -0.15) is 13.2 Å². The summed E-state index contributed by atoms with van der Waals surface area (Å²) < 4.78 is 84.3. The highest BCUT2D eigenvalue weighted by atomic mass is 19.4. The molecule has 28 heavy (non-hydrogen) atoms. The molecule has 1 aromatic carbocycles. The Hall–Kier alpha value is -3.11. The number of benzene rings is 1. The van der Waals surface area contributed by atoms with Gasteiger partial charge in [0, 0.05) is 11.8 Å². The summed E-state index contributed by atoms with van der Waals surface area (Å²) in [6.45, 7) is -1.22. The Morgan fingerprint density at radius 3 is 2.54 bits per heavy atom. The SMILES string of the molecule is COC(=O)c1ccc(-c2nccc3c2nc(C(F)(F)F)n3CC(F)F)cc1F. The van der Waals surface area contributed by atoms with E-state index in [0.717, 1.165) is 31.5 Å². The van der Waals surface area contributed by atoms with Crippen LogP contribution in [0.3, 0.4) is 0 Å². The maximum absolute atomic E-state index is 14.2. The third-order valence-corrected chi connectivity index (χ3v) is 3.89. The number of aromatic nitrogens is 3. The first-order valence-corrected chi connectivity index (χ1v) is 7.72. The van der Waals surface area contributed by atoms with Crippen LogP contribution in [0.5, 0.6) is 0 Å². The lowest BCUT2D eigenvalue weighted by Crippen LogP contribution is -2.17. The summed E-state index contributed by atoms with van der Waals surface area (Å²) in [6, 6.07) is 4.32. The lowest BCUT2D eigenvalue weighted by atomic mass is 10.1. The van der Waals surface area contributed by atoms with Gasteiger partial charge in [-0.1, -0.05) is 6.07 Å². The Balaban J connectivity index is 2.22. The predicted octanol–water partition coefficient (Wildman–Crippen LogP) is 4.31. The van der Waals surface area contributed by atoms with Crippen molar-refractivity contribution >= 4 is 17.0 Å². The van der Waals surface area contributed by atoms with Crippen LogP contribution in [0.2, 0.25) is 0 Å². The minimum absolute atomic E-state index is 0.0196. The van der Waals surface area contributed by atoms with Gasteiger partial charge in [0.1, 0.15) is 11.3 Å². The molecule has 0 aliphatic heterocycles. The minimum Gasteiger partial charge on any atom is -0.465 e. The Kier molecular flexibility index (Phi) is 5.01. The molecule has 3 rings (SSSR count). The van der Waals surface area contributed by atoms with Gasteiger partial charge in [-0.15, -0.1) is 0 Å². The zero-order chi connectivity index (χ0) is 20.6. The molecule has 2 heterocycles. The number of fused-ring (bicyclic) bond motifs is 1. The molecular formula is C17H11F6N3O2. The first-order valence-electron chi connectivity index (χ1n) is 7.72. The lowest BCUT2D eigenvalue weighted by Gasteiger charge is -2.10. The fourth-order valence-corrected chi connectivity index (χ4v) is 2.74. The van der Waals surface area contributed by atoms with E-state index in [4.69, 9.17) is 0 Å². The number of halogens is 6. The Labute approximate surface area is 153 Å². The van der Waals surface area contributed by atoms with Gasteiger partial charge in [0.2, 0.25) is 5.82 Å². The van der Waals surface area contributed by atoms with E-state index in [1.165, 1.54) is 6.07 Å². The van der Waals surface area contributed by atoms with Crippen LogP contribution in [0.15, 0.2) is 30.5 Å². The van der Waals surface area contributed by atoms with Crippen molar-refractivity contribution in [2.24, 2.45) is 0 Å². The van der Waals surface area contributed by atoms with Crippen LogP contribution < -0.4 is 0 Å². The average molecular weight is 403 g/mol. The number of pyridine rings is 1. The monoisotopic (exact) mass is 403 g/mol. The van der Waals surface area contributed by atoms with Gasteiger partial charge in [-0.25, -0.2) is 22.9 Å². The van der Waals surface area contributed by atoms with Crippen molar-refractivity contribution in [3.63, 3.8) is 0 Å². The van der Waals surface area contributed by atoms with Crippen LogP contribution in [0.25, 0.3) is 22.3 Å². The molecule has 0 aliphatic carbocycles. The molecule has 0 aliphatic rings. The summed E-state index contributed by atoms with van der Waals surface area (Å²) in [5, 5.41) is 0. The molecule has 148 valence electrons. The topological polar surface area (TPSA) is 57.0 Å². The van der Waals surface area contributed by atoms with E-state index >= 15 is 0 Å². The quantitative estimate of drug-likeness (QED) is 0.481. The highest BCUT2D eigenvalue weighted by Crippen LogP contribution is 2.35. The molecule has 2 aromatic heterocycles. The minimum atomic E-state index is -4.98. The molecule has 0 radical (unpaired) electrons. The molecule has 0 bridgehead atoms. The standard InChI is InChI=1S/C17H11F6N3O2/c1-28-15(27)9-3-2-8(6-10(9)18)13-14-11(4-5-24-13)26(7-12(19)20)16(25-14)17(21,22)23/h2-6,12H,7H2,1H3. The number of rotatable bonds is 4. The van der Waals surface area contributed by atoms with Crippen LogP contribution in [0, 0.1) is 5.82 Å². The number of ether oxygens (including phenoxy) is 1. The number of imidazole rings is 1. The zero-order valence-electron chi connectivity index (χ0n) is 14.1. The normalized spacial score (nSPS) is 12.0. The predicted molar refractivity (Wildman–Crippen MR) is 85.3 cm³/mol. The van der Waals surface area contributed by atoms with Crippen molar-refractivity contribution in [3.8, 4) is 11.3 Å². The molecule has 5 nitrogen and oxygen atoms in total. The largest absolute Gasteiger partial charge is 0.465 e. The third kappa shape index (κ3) is 3.51. The van der Waals surface area contributed by atoms with Crippen molar-refractivity contribution < 1.29 is 35.9 Å². The third-order valence-electron chi connectivity index (χ3n) is 3.89. The van der Waals surface area contributed by atoms with Gasteiger partial charge in [0.25, 0.3) is 6.43 Å². The molecule has 0 unspecified atom stereocenters. The number of carbonyl (C=O) groups is 1. The van der Waals surface area contributed by atoms with Crippen LogP contribution in [-0.4, -0.2) is 34.0 Å². The fourth-order valence-electron chi connectivity index (χ4n) is 2.74. The smallest absolute Gasteiger partial charge is 0.449 e. The van der Waals surface area contributed by atoms with Gasteiger partial charge in [-0.05, 0) is 18.2 Å². The summed E-state index contributed by atoms with van der Waals surface area (Å²) in [5.74, 6) is -3.43. The van der Waals surface area contributed by atoms with Crippen molar-refractivity contribution in [2.75, 3.05) is 7.11 Å². The van der Waals surface area contributed by atoms with E-state index in [1.54, 1.807) is 0 Å². The van der Waals surface area contributed by atoms with Crippen molar-refractivity contribution in [2.45, 2.75) is 19.1 Å². The van der Waals surface area contributed by atoms with Gasteiger partial charge in [-0.3, -0.25) is 4.98 Å². The summed E-state index contributed by atoms with van der Waals surface area (Å²) >= 11 is 0. The second-order valence-corrected chi connectivity index (χ2v) is 5.65. The zero-order valence-corrected chi connectivity index (χ0v) is 14.1. The molecule has 0 fully saturated rings. The van der Waals surface area contributed by atoms with Crippen LogP contribution in [0.4, 0.5) is 26.3 Å². The van der Waals surface area contributed by atoms with Crippen LogP contribution in [0.1, 0.15) is 16.2 Å². The second kappa shape index (κ2) is 7.13. The number of methoxy groups -OCH3 is 1. The average Bonchev–Trinajstić information content (AvgIpc) is 2.99. The second-order valence-electron chi connectivity index (χ2n) is 5.65. The molecule has 0 atom stereocenters. The highest BCUT2D eigenvalue weighted by molar-refractivity contribution is 5.93. The van der Waals surface area contributed by atoms with Crippen LogP contribution in [-0.2, 0) is 17.5 Å². The van der Waals surface area contributed by atoms with E-state index in [0.29, 0.717) is 4.57 Å². The Bertz CT molecular complexity index is 1050. The molecule has 0 amide bonds. The molecule has 0 saturated heterocycles. The van der Waals surface area contributed by atoms with Crippen LogP contribution >= 0.6 is 0 Å². The number of hydrogen-bond acceptors (Lipinski definition) is 4. The number of carbonyl (C=O) groups excluding carboxylic acids is 1. The maximum Gasteiger partial charge on any atom is 0.449 e. The molecule has 0 N–H and O–H groups in total. The molecule has 11 heteroatoms. The van der Waals surface area contributed by atoms with Gasteiger partial charge in [0.15, 0.2) is 0 Å². The Morgan fingerprint density at radius 1 is 1.25 bits per heavy atom. The summed E-state index contributed by atoms with van der Waals surface area (Å²) in [5.41, 5.74) is -1.05. The summed E-state index contributed by atoms with van der Waals surface area (Å²) in [7, 11) is 1.06. The number of nitrogens with zero attached hydrogens (tertiary/aromatic N) is 3.